The first-order valence-electron chi connectivity index (χ1n) is 8.49. The van der Waals surface area contributed by atoms with E-state index >= 15 is 0 Å². The molecular weight excluding hydrogens is 324 g/mol. The summed E-state index contributed by atoms with van der Waals surface area (Å²) in [6, 6.07) is 16.1. The van der Waals surface area contributed by atoms with Gasteiger partial charge in [0.2, 0.25) is 0 Å². The minimum Gasteiger partial charge on any atom is -0.300 e. The summed E-state index contributed by atoms with van der Waals surface area (Å²) in [7, 11) is 0. The summed E-state index contributed by atoms with van der Waals surface area (Å²) < 4.78 is 0. The molecule has 1 aromatic carbocycles. The largest absolute Gasteiger partial charge is 0.300 e. The average Bonchev–Trinajstić information content (AvgIpc) is 3.19. The van der Waals surface area contributed by atoms with Crippen LogP contribution < -0.4 is 0 Å². The van der Waals surface area contributed by atoms with E-state index in [0.29, 0.717) is 5.71 Å². The number of hydrogen-bond acceptors (Lipinski definition) is 3. The zero-order valence-corrected chi connectivity index (χ0v) is 15.6. The Morgan fingerprint density at radius 1 is 1.12 bits per heavy atom. The summed E-state index contributed by atoms with van der Waals surface area (Å²) in [5.74, 6) is 0. The molecule has 0 amide bonds. The molecule has 2 aromatic heterocycles. The van der Waals surface area contributed by atoms with Crippen LogP contribution in [0.2, 0.25) is 0 Å². The van der Waals surface area contributed by atoms with Gasteiger partial charge in [-0.15, -0.1) is 11.3 Å². The molecule has 0 saturated carbocycles. The zero-order valence-electron chi connectivity index (χ0n) is 14.8. The van der Waals surface area contributed by atoms with Crippen molar-refractivity contribution in [3.63, 3.8) is 0 Å². The Bertz CT molecular complexity index is 790. The van der Waals surface area contributed by atoms with Gasteiger partial charge in [-0.3, -0.25) is 4.98 Å². The molecule has 3 heteroatoms. The van der Waals surface area contributed by atoms with Crippen molar-refractivity contribution in [1.82, 2.24) is 4.98 Å². The maximum atomic E-state index is 7.54. The van der Waals surface area contributed by atoms with Crippen LogP contribution in [0.5, 0.6) is 0 Å². The lowest BCUT2D eigenvalue weighted by Crippen LogP contribution is -1.91. The van der Waals surface area contributed by atoms with Crippen LogP contribution in [0, 0.1) is 5.41 Å². The molecule has 25 heavy (non-hydrogen) atoms. The maximum Gasteiger partial charge on any atom is 0.0608 e. The smallest absolute Gasteiger partial charge is 0.0608 e. The molecule has 3 rings (SSSR count). The van der Waals surface area contributed by atoms with Crippen molar-refractivity contribution in [3.05, 3.63) is 89.6 Å². The van der Waals surface area contributed by atoms with E-state index < -0.39 is 0 Å². The van der Waals surface area contributed by atoms with Crippen molar-refractivity contribution in [2.24, 2.45) is 0 Å². The van der Waals surface area contributed by atoms with Gasteiger partial charge in [0.1, 0.15) is 0 Å². The van der Waals surface area contributed by atoms with Gasteiger partial charge in [-0.05, 0) is 48.1 Å². The number of hydrogen-bond donors (Lipinski definition) is 1. The number of aromatic nitrogens is 1. The van der Waals surface area contributed by atoms with Crippen molar-refractivity contribution >= 4 is 17.0 Å². The highest BCUT2D eigenvalue weighted by atomic mass is 32.1. The molecule has 0 fully saturated rings. The predicted octanol–water partition coefficient (Wildman–Crippen LogP) is 6.39. The van der Waals surface area contributed by atoms with E-state index in [-0.39, 0.29) is 0 Å². The van der Waals surface area contributed by atoms with E-state index in [1.54, 1.807) is 17.4 Å². The van der Waals surface area contributed by atoms with Crippen LogP contribution in [-0.2, 0) is 6.42 Å². The molecule has 0 aliphatic carbocycles. The minimum absolute atomic E-state index is 0.563. The lowest BCUT2D eigenvalue weighted by Gasteiger charge is -2.00. The van der Waals surface area contributed by atoms with Gasteiger partial charge in [-0.2, -0.15) is 0 Å². The van der Waals surface area contributed by atoms with Gasteiger partial charge in [0.25, 0.3) is 0 Å². The number of allylic oxidation sites excluding steroid dienone is 2. The first-order chi connectivity index (χ1) is 12.2. The molecule has 0 atom stereocenters. The summed E-state index contributed by atoms with van der Waals surface area (Å²) in [6.07, 6.45) is 9.85. The molecule has 0 saturated heterocycles. The Kier molecular flexibility index (Phi) is 7.80. The molecule has 2 nitrogen and oxygen atoms in total. The van der Waals surface area contributed by atoms with Crippen LogP contribution in [0.4, 0.5) is 0 Å². The molecular formula is C22H24N2S. The molecule has 0 aliphatic heterocycles. The number of nitrogens with one attached hydrogen (secondary N) is 1. The van der Waals surface area contributed by atoms with E-state index in [9.17, 15) is 0 Å². The van der Waals surface area contributed by atoms with Crippen LogP contribution in [-0.4, -0.2) is 10.7 Å². The molecule has 2 heterocycles. The standard InChI is InChI=1S/C12H13NS.C10H11N/c1-2-4-10-7-11(9-13-8-10)12-5-3-6-14-12;1-2-6-10(11)9-7-4-3-5-8-9/h3,5-9H,2,4H2,1H3;2-8,11H,1H3/b;6-2-,11-10?. The number of thiophene rings is 1. The number of benzene rings is 1. The molecule has 0 unspecified atom stereocenters. The highest BCUT2D eigenvalue weighted by molar-refractivity contribution is 7.13. The van der Waals surface area contributed by atoms with Gasteiger partial charge >= 0.3 is 0 Å². The second kappa shape index (κ2) is 10.4. The maximum absolute atomic E-state index is 7.54. The fourth-order valence-electron chi connectivity index (χ4n) is 2.37. The van der Waals surface area contributed by atoms with E-state index in [1.807, 2.05) is 55.7 Å². The van der Waals surface area contributed by atoms with E-state index in [4.69, 9.17) is 5.41 Å². The van der Waals surface area contributed by atoms with Crippen molar-refractivity contribution in [3.8, 4) is 10.4 Å². The zero-order chi connectivity index (χ0) is 17.9. The van der Waals surface area contributed by atoms with E-state index in [2.05, 4.69) is 35.5 Å². The molecule has 0 radical (unpaired) electrons. The number of nitrogens with zero attached hydrogens (tertiary/aromatic N) is 1. The van der Waals surface area contributed by atoms with Crippen molar-refractivity contribution < 1.29 is 0 Å². The van der Waals surface area contributed by atoms with Gasteiger partial charge < -0.3 is 5.41 Å². The minimum atomic E-state index is 0.563. The summed E-state index contributed by atoms with van der Waals surface area (Å²) in [5, 5.41) is 9.64. The van der Waals surface area contributed by atoms with Crippen LogP contribution in [0.1, 0.15) is 31.4 Å². The number of pyridine rings is 1. The lowest BCUT2D eigenvalue weighted by molar-refractivity contribution is 0.914. The van der Waals surface area contributed by atoms with Gasteiger partial charge in [-0.1, -0.05) is 55.8 Å². The summed E-state index contributed by atoms with van der Waals surface area (Å²) in [5.41, 5.74) is 4.10. The molecule has 3 aromatic rings. The molecule has 1 N–H and O–H groups in total. The van der Waals surface area contributed by atoms with Gasteiger partial charge in [0.15, 0.2) is 0 Å². The second-order valence-electron chi connectivity index (χ2n) is 5.59. The first kappa shape index (κ1) is 18.8. The fraction of sp³-hybridized carbons (Fsp3) is 0.182. The Morgan fingerprint density at radius 3 is 2.56 bits per heavy atom. The molecule has 128 valence electrons. The highest BCUT2D eigenvalue weighted by Crippen LogP contribution is 2.24. The Morgan fingerprint density at radius 2 is 1.92 bits per heavy atom. The number of aryl methyl sites for hydroxylation is 1. The number of rotatable bonds is 5. The Labute approximate surface area is 154 Å². The van der Waals surface area contributed by atoms with Crippen LogP contribution >= 0.6 is 11.3 Å². The van der Waals surface area contributed by atoms with Crippen LogP contribution in [0.3, 0.4) is 0 Å². The average molecular weight is 349 g/mol. The monoisotopic (exact) mass is 348 g/mol. The van der Waals surface area contributed by atoms with E-state index in [0.717, 1.165) is 12.0 Å². The summed E-state index contributed by atoms with van der Waals surface area (Å²) in [4.78, 5) is 5.57. The van der Waals surface area contributed by atoms with Gasteiger partial charge in [0, 0.05) is 22.8 Å². The summed E-state index contributed by atoms with van der Waals surface area (Å²) >= 11 is 1.76. The quantitative estimate of drug-likeness (QED) is 0.533. The molecule has 0 bridgehead atoms. The van der Waals surface area contributed by atoms with Crippen LogP contribution in [0.25, 0.3) is 10.4 Å². The summed E-state index contributed by atoms with van der Waals surface area (Å²) in [6.45, 7) is 4.11. The second-order valence-corrected chi connectivity index (χ2v) is 6.54. The van der Waals surface area contributed by atoms with E-state index in [1.165, 1.54) is 22.4 Å². The van der Waals surface area contributed by atoms with Gasteiger partial charge in [0.05, 0.1) is 5.71 Å². The lowest BCUT2D eigenvalue weighted by atomic mass is 10.1. The Hall–Kier alpha value is -2.52. The molecule has 0 aliphatic rings. The third-order valence-electron chi connectivity index (χ3n) is 3.56. The first-order valence-corrected chi connectivity index (χ1v) is 9.37. The third kappa shape index (κ3) is 6.12. The fourth-order valence-corrected chi connectivity index (χ4v) is 3.08. The predicted molar refractivity (Wildman–Crippen MR) is 110 cm³/mol. The third-order valence-corrected chi connectivity index (χ3v) is 4.48. The Balaban J connectivity index is 0.000000186. The van der Waals surface area contributed by atoms with Crippen LogP contribution in [0.15, 0.2) is 78.5 Å². The SMILES string of the molecule is C/C=C\C(=N)c1ccccc1.CCCc1cncc(-c2cccs2)c1. The highest BCUT2D eigenvalue weighted by Gasteiger charge is 2.00. The molecule has 0 spiro atoms. The van der Waals surface area contributed by atoms with Crippen molar-refractivity contribution in [2.45, 2.75) is 26.7 Å². The topological polar surface area (TPSA) is 36.7 Å². The van der Waals surface area contributed by atoms with Crippen molar-refractivity contribution in [1.29, 1.82) is 5.41 Å². The normalized spacial score (nSPS) is 10.3. The van der Waals surface area contributed by atoms with Crippen molar-refractivity contribution in [2.75, 3.05) is 0 Å². The van der Waals surface area contributed by atoms with Gasteiger partial charge in [-0.25, -0.2) is 0 Å².